The van der Waals surface area contributed by atoms with Gasteiger partial charge >= 0.3 is 0 Å². The molecule has 170 valence electrons. The molecule has 1 heterocycles. The Morgan fingerprint density at radius 1 is 1.16 bits per heavy atom. The van der Waals surface area contributed by atoms with Crippen LogP contribution in [0.15, 0.2) is 35.9 Å². The van der Waals surface area contributed by atoms with Gasteiger partial charge in [0, 0.05) is 12.1 Å². The topological polar surface area (TPSA) is 76.1 Å². The molecule has 0 radical (unpaired) electrons. The maximum absolute atomic E-state index is 14.8. The molecule has 0 aliphatic carbocycles. The zero-order chi connectivity index (χ0) is 23.6. The van der Waals surface area contributed by atoms with Gasteiger partial charge in [-0.3, -0.25) is 9.59 Å². The van der Waals surface area contributed by atoms with E-state index >= 15 is 0 Å². The Morgan fingerprint density at radius 3 is 2.41 bits per heavy atom. The number of aliphatic hydroxyl groups is 1. The number of carbonyl (C=O) groups excluding carboxylic acids is 2. The first-order chi connectivity index (χ1) is 15.3. The smallest absolute Gasteiger partial charge is 0.295 e. The monoisotopic (exact) mass is 481 g/mol. The third-order valence-corrected chi connectivity index (χ3v) is 5.91. The number of unbranched alkanes of at least 4 members (excludes halogenated alkanes) is 1. The van der Waals surface area contributed by atoms with Crippen molar-refractivity contribution in [2.45, 2.75) is 25.8 Å². The van der Waals surface area contributed by atoms with E-state index in [9.17, 15) is 19.1 Å². The Labute approximate surface area is 195 Å². The minimum Gasteiger partial charge on any atom is -0.507 e. The number of carbonyl (C=O) groups is 2. The van der Waals surface area contributed by atoms with E-state index in [4.69, 9.17) is 32.7 Å². The standard InChI is InChI=1S/C23H22Cl2FNO5/c1-4-5-10-27-18(12-8-6-7-9-15(12)26)16(20(29)23(27)30)19(28)13-11-14(24)22(32-3)17(25)21(13)31-2/h6-9,11,18,28H,4-5,10H2,1-3H3/b19-16+. The first-order valence-corrected chi connectivity index (χ1v) is 10.7. The molecule has 1 fully saturated rings. The number of aliphatic hydroxyl groups excluding tert-OH is 1. The van der Waals surface area contributed by atoms with Gasteiger partial charge in [0.15, 0.2) is 11.5 Å². The summed E-state index contributed by atoms with van der Waals surface area (Å²) < 4.78 is 25.3. The van der Waals surface area contributed by atoms with Crippen molar-refractivity contribution in [1.29, 1.82) is 0 Å². The van der Waals surface area contributed by atoms with Crippen LogP contribution in [0.4, 0.5) is 4.39 Å². The average molecular weight is 482 g/mol. The molecule has 2 aromatic rings. The lowest BCUT2D eigenvalue weighted by Gasteiger charge is -2.25. The van der Waals surface area contributed by atoms with Gasteiger partial charge in [0.25, 0.3) is 11.7 Å². The largest absolute Gasteiger partial charge is 0.507 e. The van der Waals surface area contributed by atoms with Crippen LogP contribution in [0, 0.1) is 5.82 Å². The number of benzene rings is 2. The van der Waals surface area contributed by atoms with E-state index in [1.165, 1.54) is 43.4 Å². The zero-order valence-corrected chi connectivity index (χ0v) is 19.3. The van der Waals surface area contributed by atoms with Crippen molar-refractivity contribution in [1.82, 2.24) is 4.90 Å². The lowest BCUT2D eigenvalue weighted by Crippen LogP contribution is -2.31. The molecule has 1 aliphatic rings. The number of hydrogen-bond donors (Lipinski definition) is 1. The van der Waals surface area contributed by atoms with Crippen molar-refractivity contribution in [3.8, 4) is 11.5 Å². The highest BCUT2D eigenvalue weighted by molar-refractivity contribution is 6.47. The van der Waals surface area contributed by atoms with Crippen LogP contribution in [0.5, 0.6) is 11.5 Å². The molecule has 1 N–H and O–H groups in total. The highest BCUT2D eigenvalue weighted by atomic mass is 35.5. The molecule has 32 heavy (non-hydrogen) atoms. The second-order valence-electron chi connectivity index (χ2n) is 7.15. The zero-order valence-electron chi connectivity index (χ0n) is 17.7. The lowest BCUT2D eigenvalue weighted by molar-refractivity contribution is -0.139. The summed E-state index contributed by atoms with van der Waals surface area (Å²) in [6, 6.07) is 6.01. The molecule has 0 spiro atoms. The molecular weight excluding hydrogens is 460 g/mol. The van der Waals surface area contributed by atoms with Crippen molar-refractivity contribution < 1.29 is 28.6 Å². The van der Waals surface area contributed by atoms with Gasteiger partial charge in [-0.2, -0.15) is 0 Å². The van der Waals surface area contributed by atoms with Gasteiger partial charge in [-0.05, 0) is 18.6 Å². The highest BCUT2D eigenvalue weighted by Crippen LogP contribution is 2.47. The predicted octanol–water partition coefficient (Wildman–Crippen LogP) is 5.37. The van der Waals surface area contributed by atoms with Gasteiger partial charge in [0.2, 0.25) is 0 Å². The summed E-state index contributed by atoms with van der Waals surface area (Å²) in [5, 5.41) is 11.3. The molecule has 1 unspecified atom stereocenters. The SMILES string of the molecule is CCCCN1C(=O)C(=O)/C(=C(/O)c2cc(Cl)c(OC)c(Cl)c2OC)C1c1ccccc1F. The molecule has 3 rings (SSSR count). The summed E-state index contributed by atoms with van der Waals surface area (Å²) in [6.45, 7) is 2.15. The molecule has 0 saturated carbocycles. The Morgan fingerprint density at radius 2 is 1.81 bits per heavy atom. The van der Waals surface area contributed by atoms with Crippen LogP contribution in [-0.4, -0.2) is 42.5 Å². The minimum absolute atomic E-state index is 0.00235. The van der Waals surface area contributed by atoms with Crippen LogP contribution >= 0.6 is 23.2 Å². The van der Waals surface area contributed by atoms with Crippen LogP contribution in [0.2, 0.25) is 10.0 Å². The van der Waals surface area contributed by atoms with E-state index in [1.54, 1.807) is 6.07 Å². The second-order valence-corrected chi connectivity index (χ2v) is 7.94. The number of Topliss-reactive ketones (excluding diaryl/α,β-unsaturated/α-hetero) is 1. The van der Waals surface area contributed by atoms with Gasteiger partial charge in [0.1, 0.15) is 16.6 Å². The van der Waals surface area contributed by atoms with Crippen LogP contribution in [-0.2, 0) is 9.59 Å². The summed E-state index contributed by atoms with van der Waals surface area (Å²) in [5.41, 5.74) is -0.195. The number of halogens is 3. The van der Waals surface area contributed by atoms with E-state index in [0.717, 1.165) is 6.42 Å². The second kappa shape index (κ2) is 9.79. The summed E-state index contributed by atoms with van der Waals surface area (Å²) >= 11 is 12.6. The maximum Gasteiger partial charge on any atom is 0.295 e. The number of likely N-dealkylation sites (tertiary alicyclic amines) is 1. The molecule has 1 aliphatic heterocycles. The number of amides is 1. The summed E-state index contributed by atoms with van der Waals surface area (Å²) in [7, 11) is 2.68. The van der Waals surface area contributed by atoms with Crippen LogP contribution in [0.1, 0.15) is 36.9 Å². The molecule has 0 aromatic heterocycles. The molecule has 0 bridgehead atoms. The first-order valence-electron chi connectivity index (χ1n) is 9.91. The fraction of sp³-hybridized carbons (Fsp3) is 0.304. The highest BCUT2D eigenvalue weighted by Gasteiger charge is 2.47. The summed E-state index contributed by atoms with van der Waals surface area (Å²) in [4.78, 5) is 27.1. The van der Waals surface area contributed by atoms with Crippen molar-refractivity contribution in [2.24, 2.45) is 0 Å². The molecule has 2 aromatic carbocycles. The molecule has 1 saturated heterocycles. The van der Waals surface area contributed by atoms with E-state index in [-0.39, 0.29) is 44.8 Å². The molecular formula is C23H22Cl2FNO5. The summed E-state index contributed by atoms with van der Waals surface area (Å²) in [5.74, 6) is -2.81. The van der Waals surface area contributed by atoms with Crippen molar-refractivity contribution >= 4 is 40.7 Å². The average Bonchev–Trinajstić information content (AvgIpc) is 3.02. The molecule has 1 atom stereocenters. The van der Waals surface area contributed by atoms with Crippen molar-refractivity contribution in [3.05, 3.63) is 62.9 Å². The Bertz CT molecular complexity index is 1100. The van der Waals surface area contributed by atoms with Gasteiger partial charge in [0.05, 0.1) is 36.4 Å². The molecule has 1 amide bonds. The molecule has 9 heteroatoms. The van der Waals surface area contributed by atoms with Crippen LogP contribution < -0.4 is 9.47 Å². The lowest BCUT2D eigenvalue weighted by atomic mass is 9.94. The minimum atomic E-state index is -1.12. The van der Waals surface area contributed by atoms with Gasteiger partial charge in [-0.1, -0.05) is 54.7 Å². The number of ether oxygens (including phenoxy) is 2. The Kier molecular flexibility index (Phi) is 7.31. The van der Waals surface area contributed by atoms with Crippen LogP contribution in [0.25, 0.3) is 5.76 Å². The maximum atomic E-state index is 14.8. The first kappa shape index (κ1) is 23.9. The van der Waals surface area contributed by atoms with Gasteiger partial charge in [-0.25, -0.2) is 4.39 Å². The number of ketones is 1. The van der Waals surface area contributed by atoms with E-state index in [1.807, 2.05) is 6.92 Å². The number of rotatable bonds is 7. The predicted molar refractivity (Wildman–Crippen MR) is 120 cm³/mol. The van der Waals surface area contributed by atoms with Crippen LogP contribution in [0.3, 0.4) is 0 Å². The Balaban J connectivity index is 2.31. The van der Waals surface area contributed by atoms with E-state index in [0.29, 0.717) is 6.42 Å². The van der Waals surface area contributed by atoms with Gasteiger partial charge < -0.3 is 19.5 Å². The number of methoxy groups -OCH3 is 2. The quantitative estimate of drug-likeness (QED) is 0.326. The van der Waals surface area contributed by atoms with E-state index in [2.05, 4.69) is 0 Å². The van der Waals surface area contributed by atoms with E-state index < -0.39 is 29.3 Å². The number of nitrogens with zero attached hydrogens (tertiary/aromatic N) is 1. The third-order valence-electron chi connectivity index (χ3n) is 5.29. The van der Waals surface area contributed by atoms with Crippen molar-refractivity contribution in [3.63, 3.8) is 0 Å². The fourth-order valence-electron chi connectivity index (χ4n) is 3.75. The normalized spacial score (nSPS) is 17.7. The number of hydrogen-bond acceptors (Lipinski definition) is 5. The third kappa shape index (κ3) is 4.02. The Hall–Kier alpha value is -2.77. The summed E-state index contributed by atoms with van der Waals surface area (Å²) in [6.07, 6.45) is 1.35. The van der Waals surface area contributed by atoms with Gasteiger partial charge in [-0.15, -0.1) is 0 Å². The van der Waals surface area contributed by atoms with Crippen molar-refractivity contribution in [2.75, 3.05) is 20.8 Å². The fourth-order valence-corrected chi connectivity index (χ4v) is 4.44. The molecule has 6 nitrogen and oxygen atoms in total.